The van der Waals surface area contributed by atoms with Crippen molar-refractivity contribution < 1.29 is 13.2 Å². The van der Waals surface area contributed by atoms with Crippen molar-refractivity contribution in [3.63, 3.8) is 0 Å². The molecule has 0 saturated carbocycles. The third kappa shape index (κ3) is 3.73. The van der Waals surface area contributed by atoms with Gasteiger partial charge in [0.2, 0.25) is 10.0 Å². The Kier molecular flexibility index (Phi) is 5.95. The molecule has 6 nitrogen and oxygen atoms in total. The Bertz CT molecular complexity index is 973. The number of piperidine rings is 1. The zero-order chi connectivity index (χ0) is 20.5. The quantitative estimate of drug-likeness (QED) is 0.768. The van der Waals surface area contributed by atoms with E-state index < -0.39 is 10.0 Å². The van der Waals surface area contributed by atoms with Crippen LogP contribution < -0.4 is 4.90 Å². The summed E-state index contributed by atoms with van der Waals surface area (Å²) in [6, 6.07) is 9.30. The molecule has 2 aromatic rings. The van der Waals surface area contributed by atoms with Gasteiger partial charge in [-0.15, -0.1) is 0 Å². The maximum Gasteiger partial charge on any atom is 0.274 e. The molecule has 7 heteroatoms. The SMILES string of the molecule is CCN(C(=O)c1cc(S(=O)(=O)N2CCCCC2)c(C)n1C)c1cccc(C)c1. The highest BCUT2D eigenvalue weighted by Gasteiger charge is 2.31. The van der Waals surface area contributed by atoms with Gasteiger partial charge in [0, 0.05) is 38.1 Å². The van der Waals surface area contributed by atoms with E-state index in [1.807, 2.05) is 38.1 Å². The monoisotopic (exact) mass is 403 g/mol. The molecule has 2 heterocycles. The number of aryl methyl sites for hydroxylation is 1. The first-order chi connectivity index (χ1) is 13.3. The second-order valence-corrected chi connectivity index (χ2v) is 9.30. The molecule has 0 aliphatic carbocycles. The maximum absolute atomic E-state index is 13.3. The van der Waals surface area contributed by atoms with Crippen LogP contribution in [0.1, 0.15) is 47.9 Å². The van der Waals surface area contributed by atoms with E-state index in [2.05, 4.69) is 0 Å². The molecule has 152 valence electrons. The van der Waals surface area contributed by atoms with Gasteiger partial charge in [-0.25, -0.2) is 8.42 Å². The van der Waals surface area contributed by atoms with E-state index >= 15 is 0 Å². The maximum atomic E-state index is 13.3. The van der Waals surface area contributed by atoms with Crippen LogP contribution in [-0.4, -0.2) is 42.8 Å². The van der Waals surface area contributed by atoms with Gasteiger partial charge in [-0.3, -0.25) is 4.79 Å². The first-order valence-corrected chi connectivity index (χ1v) is 11.3. The van der Waals surface area contributed by atoms with Crippen LogP contribution in [0, 0.1) is 13.8 Å². The van der Waals surface area contributed by atoms with Crippen molar-refractivity contribution in [1.82, 2.24) is 8.87 Å². The van der Waals surface area contributed by atoms with Crippen LogP contribution in [0.2, 0.25) is 0 Å². The Morgan fingerprint density at radius 1 is 1.11 bits per heavy atom. The summed E-state index contributed by atoms with van der Waals surface area (Å²) >= 11 is 0. The van der Waals surface area contributed by atoms with Crippen LogP contribution in [0.15, 0.2) is 35.2 Å². The topological polar surface area (TPSA) is 62.6 Å². The van der Waals surface area contributed by atoms with Gasteiger partial charge in [-0.1, -0.05) is 18.6 Å². The van der Waals surface area contributed by atoms with Crippen LogP contribution >= 0.6 is 0 Å². The summed E-state index contributed by atoms with van der Waals surface area (Å²) in [5, 5.41) is 0. The standard InChI is InChI=1S/C21H29N3O3S/c1-5-24(18-11-9-10-16(2)14-18)21(25)19-15-20(17(3)22(19)4)28(26,27)23-12-7-6-8-13-23/h9-11,14-15H,5-8,12-13H2,1-4H3. The lowest BCUT2D eigenvalue weighted by Gasteiger charge is -2.25. The van der Waals surface area contributed by atoms with E-state index in [1.165, 1.54) is 0 Å². The smallest absolute Gasteiger partial charge is 0.274 e. The van der Waals surface area contributed by atoms with Gasteiger partial charge in [0.15, 0.2) is 0 Å². The minimum Gasteiger partial charge on any atom is -0.343 e. The molecule has 0 spiro atoms. The van der Waals surface area contributed by atoms with E-state index in [1.54, 1.807) is 33.8 Å². The number of anilines is 1. The van der Waals surface area contributed by atoms with Crippen molar-refractivity contribution in [3.05, 3.63) is 47.3 Å². The Labute approximate surface area is 167 Å². The fraction of sp³-hybridized carbons (Fsp3) is 0.476. The van der Waals surface area contributed by atoms with Crippen LogP contribution in [0.4, 0.5) is 5.69 Å². The van der Waals surface area contributed by atoms with Gasteiger partial charge in [0.25, 0.3) is 5.91 Å². The second-order valence-electron chi connectivity index (χ2n) is 7.39. The highest BCUT2D eigenvalue weighted by Crippen LogP contribution is 2.27. The summed E-state index contributed by atoms with van der Waals surface area (Å²) in [7, 11) is -1.84. The van der Waals surface area contributed by atoms with E-state index in [4.69, 9.17) is 0 Å². The fourth-order valence-corrected chi connectivity index (χ4v) is 5.55. The molecule has 0 unspecified atom stereocenters. The molecule has 28 heavy (non-hydrogen) atoms. The van der Waals surface area contributed by atoms with E-state index in [-0.39, 0.29) is 10.8 Å². The predicted molar refractivity (Wildman–Crippen MR) is 111 cm³/mol. The van der Waals surface area contributed by atoms with Crippen LogP contribution in [0.25, 0.3) is 0 Å². The van der Waals surface area contributed by atoms with Crippen LogP contribution in [-0.2, 0) is 17.1 Å². The second kappa shape index (κ2) is 8.09. The molecule has 1 fully saturated rings. The number of nitrogens with zero attached hydrogens (tertiary/aromatic N) is 3. The van der Waals surface area contributed by atoms with Gasteiger partial charge in [0.05, 0.1) is 0 Å². The lowest BCUT2D eigenvalue weighted by molar-refractivity contribution is 0.0980. The molecule has 0 atom stereocenters. The summed E-state index contributed by atoms with van der Waals surface area (Å²) in [5.41, 5.74) is 2.86. The number of sulfonamides is 1. The minimum atomic E-state index is -3.59. The Morgan fingerprint density at radius 3 is 2.39 bits per heavy atom. The normalized spacial score (nSPS) is 15.6. The van der Waals surface area contributed by atoms with Crippen molar-refractivity contribution in [2.24, 2.45) is 7.05 Å². The number of aromatic nitrogens is 1. The summed E-state index contributed by atoms with van der Waals surface area (Å²) in [6.07, 6.45) is 2.83. The van der Waals surface area contributed by atoms with Gasteiger partial charge in [-0.2, -0.15) is 4.31 Å². The molecule has 0 radical (unpaired) electrons. The number of carbonyl (C=O) groups excluding carboxylic acids is 1. The third-order valence-corrected chi connectivity index (χ3v) is 7.53. The third-order valence-electron chi connectivity index (χ3n) is 5.52. The molecule has 1 aromatic heterocycles. The molecule has 0 N–H and O–H groups in total. The van der Waals surface area contributed by atoms with Crippen molar-refractivity contribution in [2.75, 3.05) is 24.5 Å². The van der Waals surface area contributed by atoms with Crippen molar-refractivity contribution in [1.29, 1.82) is 0 Å². The Balaban J connectivity index is 1.99. The summed E-state index contributed by atoms with van der Waals surface area (Å²) in [6.45, 7) is 7.26. The lowest BCUT2D eigenvalue weighted by atomic mass is 10.2. The van der Waals surface area contributed by atoms with E-state index in [9.17, 15) is 13.2 Å². The molecule has 3 rings (SSSR count). The number of hydrogen-bond donors (Lipinski definition) is 0. The van der Waals surface area contributed by atoms with Gasteiger partial charge in [-0.05, 0) is 57.4 Å². The number of amides is 1. The molecule has 1 aliphatic heterocycles. The molecule has 1 aliphatic rings. The molecule has 1 saturated heterocycles. The number of hydrogen-bond acceptors (Lipinski definition) is 3. The van der Waals surface area contributed by atoms with Crippen molar-refractivity contribution in [2.45, 2.75) is 44.9 Å². The number of benzene rings is 1. The number of rotatable bonds is 5. The van der Waals surface area contributed by atoms with Crippen molar-refractivity contribution >= 4 is 21.6 Å². The first-order valence-electron chi connectivity index (χ1n) is 9.82. The Morgan fingerprint density at radius 2 is 1.79 bits per heavy atom. The lowest BCUT2D eigenvalue weighted by Crippen LogP contribution is -2.35. The largest absolute Gasteiger partial charge is 0.343 e. The molecule has 1 amide bonds. The van der Waals surface area contributed by atoms with Crippen LogP contribution in [0.5, 0.6) is 0 Å². The van der Waals surface area contributed by atoms with E-state index in [0.717, 1.165) is 30.5 Å². The summed E-state index contributed by atoms with van der Waals surface area (Å²) < 4.78 is 29.5. The number of carbonyl (C=O) groups is 1. The van der Waals surface area contributed by atoms with Gasteiger partial charge < -0.3 is 9.47 Å². The predicted octanol–water partition coefficient (Wildman–Crippen LogP) is 3.48. The Hall–Kier alpha value is -2.12. The molecule has 0 bridgehead atoms. The average molecular weight is 404 g/mol. The minimum absolute atomic E-state index is 0.196. The highest BCUT2D eigenvalue weighted by atomic mass is 32.2. The zero-order valence-corrected chi connectivity index (χ0v) is 17.9. The fourth-order valence-electron chi connectivity index (χ4n) is 3.76. The van der Waals surface area contributed by atoms with Crippen molar-refractivity contribution in [3.8, 4) is 0 Å². The zero-order valence-electron chi connectivity index (χ0n) is 17.1. The first kappa shape index (κ1) is 20.6. The highest BCUT2D eigenvalue weighted by molar-refractivity contribution is 7.89. The van der Waals surface area contributed by atoms with Gasteiger partial charge in [0.1, 0.15) is 10.6 Å². The van der Waals surface area contributed by atoms with E-state index in [0.29, 0.717) is 31.0 Å². The molecular weight excluding hydrogens is 374 g/mol. The molecular formula is C21H29N3O3S. The average Bonchev–Trinajstić information content (AvgIpc) is 2.99. The molecule has 1 aromatic carbocycles. The van der Waals surface area contributed by atoms with Gasteiger partial charge >= 0.3 is 0 Å². The summed E-state index contributed by atoms with van der Waals surface area (Å²) in [5.74, 6) is -0.196. The van der Waals surface area contributed by atoms with Crippen LogP contribution in [0.3, 0.4) is 0 Å². The summed E-state index contributed by atoms with van der Waals surface area (Å²) in [4.78, 5) is 15.2.